The number of para-hydroxylation sites is 2. The van der Waals surface area contributed by atoms with Crippen LogP contribution in [0.3, 0.4) is 0 Å². The van der Waals surface area contributed by atoms with Crippen molar-refractivity contribution in [2.24, 2.45) is 17.6 Å². The molecule has 0 aliphatic heterocycles. The van der Waals surface area contributed by atoms with Gasteiger partial charge in [-0.15, -0.1) is 0 Å². The summed E-state index contributed by atoms with van der Waals surface area (Å²) in [4.78, 5) is 17.0. The molecule has 20 heavy (non-hydrogen) atoms. The number of nitrogens with zero attached hydrogens (tertiary/aromatic N) is 2. The Balaban J connectivity index is 2.31. The Morgan fingerprint density at radius 3 is 2.65 bits per heavy atom. The van der Waals surface area contributed by atoms with Crippen molar-refractivity contribution in [2.45, 2.75) is 33.7 Å². The van der Waals surface area contributed by atoms with Gasteiger partial charge in [-0.25, -0.2) is 4.98 Å². The number of imidazole rings is 1. The molecule has 0 aliphatic rings. The van der Waals surface area contributed by atoms with E-state index >= 15 is 0 Å². The van der Waals surface area contributed by atoms with Crippen LogP contribution in [0, 0.1) is 11.8 Å². The van der Waals surface area contributed by atoms with Crippen molar-refractivity contribution in [3.63, 3.8) is 0 Å². The summed E-state index contributed by atoms with van der Waals surface area (Å²) in [5, 5.41) is 0. The van der Waals surface area contributed by atoms with Crippen LogP contribution in [0.4, 0.5) is 0 Å². The highest BCUT2D eigenvalue weighted by Crippen LogP contribution is 2.19. The lowest BCUT2D eigenvalue weighted by atomic mass is 9.90. The van der Waals surface area contributed by atoms with Crippen LogP contribution in [0.25, 0.3) is 11.0 Å². The van der Waals surface area contributed by atoms with E-state index in [-0.39, 0.29) is 17.6 Å². The number of aryl methyl sites for hydroxylation is 1. The smallest absolute Gasteiger partial charge is 0.144 e. The number of nitrogens with two attached hydrogens (primary N) is 1. The van der Waals surface area contributed by atoms with E-state index in [1.165, 1.54) is 0 Å². The lowest BCUT2D eigenvalue weighted by Gasteiger charge is -2.17. The molecular weight excluding hydrogens is 250 g/mol. The SMILES string of the molecule is CCn1c(CC(=O)C(CN)C(C)C)nc2ccccc21. The number of hydrogen-bond donors (Lipinski definition) is 1. The van der Waals surface area contributed by atoms with Crippen molar-refractivity contribution in [3.05, 3.63) is 30.1 Å². The molecule has 4 nitrogen and oxygen atoms in total. The third kappa shape index (κ3) is 2.75. The maximum absolute atomic E-state index is 12.4. The minimum Gasteiger partial charge on any atom is -0.330 e. The molecular formula is C16H23N3O. The summed E-state index contributed by atoms with van der Waals surface area (Å²) in [6.45, 7) is 7.38. The molecule has 1 atom stereocenters. The Morgan fingerprint density at radius 1 is 1.35 bits per heavy atom. The maximum Gasteiger partial charge on any atom is 0.144 e. The topological polar surface area (TPSA) is 60.9 Å². The summed E-state index contributed by atoms with van der Waals surface area (Å²) < 4.78 is 2.11. The largest absolute Gasteiger partial charge is 0.330 e. The minimum absolute atomic E-state index is 0.0832. The molecule has 0 amide bonds. The Hall–Kier alpha value is -1.68. The first-order chi connectivity index (χ1) is 9.58. The summed E-state index contributed by atoms with van der Waals surface area (Å²) >= 11 is 0. The van der Waals surface area contributed by atoms with E-state index in [0.29, 0.717) is 13.0 Å². The van der Waals surface area contributed by atoms with Gasteiger partial charge in [0.2, 0.25) is 0 Å². The second-order valence-electron chi connectivity index (χ2n) is 5.49. The van der Waals surface area contributed by atoms with E-state index in [0.717, 1.165) is 23.4 Å². The van der Waals surface area contributed by atoms with Crippen LogP contribution >= 0.6 is 0 Å². The molecule has 0 saturated heterocycles. The standard InChI is InChI=1S/C16H23N3O/c1-4-19-14-8-6-5-7-13(14)18-16(19)9-15(20)12(10-17)11(2)3/h5-8,11-12H,4,9-10,17H2,1-3H3. The molecule has 2 N–H and O–H groups in total. The molecule has 0 saturated carbocycles. The van der Waals surface area contributed by atoms with E-state index in [9.17, 15) is 4.79 Å². The first kappa shape index (κ1) is 14.7. The van der Waals surface area contributed by atoms with Gasteiger partial charge in [-0.3, -0.25) is 4.79 Å². The molecule has 2 aromatic rings. The van der Waals surface area contributed by atoms with Crippen LogP contribution < -0.4 is 5.73 Å². The predicted molar refractivity (Wildman–Crippen MR) is 81.5 cm³/mol. The summed E-state index contributed by atoms with van der Waals surface area (Å²) in [6.07, 6.45) is 0.364. The Bertz CT molecular complexity index is 601. The molecule has 0 fully saturated rings. The van der Waals surface area contributed by atoms with Crippen molar-refractivity contribution >= 4 is 16.8 Å². The van der Waals surface area contributed by atoms with Gasteiger partial charge in [0, 0.05) is 19.0 Å². The molecule has 1 aromatic heterocycles. The number of carbonyl (C=O) groups is 1. The van der Waals surface area contributed by atoms with Crippen molar-refractivity contribution in [1.29, 1.82) is 0 Å². The van der Waals surface area contributed by atoms with Crippen molar-refractivity contribution in [1.82, 2.24) is 9.55 Å². The normalized spacial score (nSPS) is 13.1. The number of carbonyl (C=O) groups excluding carboxylic acids is 1. The van der Waals surface area contributed by atoms with Gasteiger partial charge in [-0.05, 0) is 25.0 Å². The number of Topliss-reactive ketones (excluding diaryl/α,β-unsaturated/α-hetero) is 1. The predicted octanol–water partition coefficient (Wildman–Crippen LogP) is 2.40. The highest BCUT2D eigenvalue weighted by atomic mass is 16.1. The van der Waals surface area contributed by atoms with E-state index in [2.05, 4.69) is 16.5 Å². The van der Waals surface area contributed by atoms with Gasteiger partial charge < -0.3 is 10.3 Å². The quantitative estimate of drug-likeness (QED) is 0.879. The van der Waals surface area contributed by atoms with Gasteiger partial charge in [0.25, 0.3) is 0 Å². The van der Waals surface area contributed by atoms with Crippen molar-refractivity contribution in [2.75, 3.05) is 6.54 Å². The van der Waals surface area contributed by atoms with E-state index in [4.69, 9.17) is 5.73 Å². The van der Waals surface area contributed by atoms with Gasteiger partial charge in [-0.1, -0.05) is 26.0 Å². The molecule has 0 radical (unpaired) electrons. The maximum atomic E-state index is 12.4. The molecule has 0 spiro atoms. The van der Waals surface area contributed by atoms with Crippen LogP contribution in [0.1, 0.15) is 26.6 Å². The van der Waals surface area contributed by atoms with Crippen molar-refractivity contribution < 1.29 is 4.79 Å². The molecule has 2 rings (SSSR count). The zero-order valence-corrected chi connectivity index (χ0v) is 12.5. The first-order valence-electron chi connectivity index (χ1n) is 7.25. The first-order valence-corrected chi connectivity index (χ1v) is 7.25. The minimum atomic E-state index is -0.0832. The highest BCUT2D eigenvalue weighted by Gasteiger charge is 2.22. The van der Waals surface area contributed by atoms with Crippen LogP contribution in [-0.2, 0) is 17.8 Å². The Labute approximate surface area is 120 Å². The molecule has 1 unspecified atom stereocenters. The van der Waals surface area contributed by atoms with Gasteiger partial charge in [0.05, 0.1) is 17.5 Å². The molecule has 0 aliphatic carbocycles. The number of rotatable bonds is 6. The Kier molecular flexibility index (Phi) is 4.55. The zero-order chi connectivity index (χ0) is 14.7. The van der Waals surface area contributed by atoms with Crippen LogP contribution in [0.2, 0.25) is 0 Å². The summed E-state index contributed by atoms with van der Waals surface area (Å²) in [7, 11) is 0. The molecule has 1 heterocycles. The van der Waals surface area contributed by atoms with Crippen molar-refractivity contribution in [3.8, 4) is 0 Å². The number of fused-ring (bicyclic) bond motifs is 1. The third-order valence-corrected chi connectivity index (χ3v) is 3.85. The molecule has 0 bridgehead atoms. The zero-order valence-electron chi connectivity index (χ0n) is 12.5. The fraction of sp³-hybridized carbons (Fsp3) is 0.500. The third-order valence-electron chi connectivity index (χ3n) is 3.85. The van der Waals surface area contributed by atoms with Gasteiger partial charge >= 0.3 is 0 Å². The second kappa shape index (κ2) is 6.18. The summed E-state index contributed by atoms with van der Waals surface area (Å²) in [5.74, 6) is 1.22. The molecule has 108 valence electrons. The monoisotopic (exact) mass is 273 g/mol. The van der Waals surface area contributed by atoms with E-state index < -0.39 is 0 Å². The van der Waals surface area contributed by atoms with Gasteiger partial charge in [-0.2, -0.15) is 0 Å². The second-order valence-corrected chi connectivity index (χ2v) is 5.49. The number of ketones is 1. The van der Waals surface area contributed by atoms with E-state index in [1.54, 1.807) is 0 Å². The van der Waals surface area contributed by atoms with Gasteiger partial charge in [0.15, 0.2) is 0 Å². The lowest BCUT2D eigenvalue weighted by molar-refractivity contribution is -0.123. The fourth-order valence-corrected chi connectivity index (χ4v) is 2.68. The van der Waals surface area contributed by atoms with Crippen LogP contribution in [0.5, 0.6) is 0 Å². The number of aromatic nitrogens is 2. The highest BCUT2D eigenvalue weighted by molar-refractivity contribution is 5.84. The molecule has 4 heteroatoms. The average Bonchev–Trinajstić information content (AvgIpc) is 2.75. The summed E-state index contributed by atoms with van der Waals surface area (Å²) in [5.41, 5.74) is 7.77. The van der Waals surface area contributed by atoms with E-state index in [1.807, 2.05) is 38.1 Å². The fourth-order valence-electron chi connectivity index (χ4n) is 2.68. The molecule has 1 aromatic carbocycles. The Morgan fingerprint density at radius 2 is 2.05 bits per heavy atom. The van der Waals surface area contributed by atoms with Crippen LogP contribution in [-0.4, -0.2) is 21.9 Å². The average molecular weight is 273 g/mol. The number of hydrogen-bond acceptors (Lipinski definition) is 3. The number of benzene rings is 1. The van der Waals surface area contributed by atoms with Crippen LogP contribution in [0.15, 0.2) is 24.3 Å². The van der Waals surface area contributed by atoms with Gasteiger partial charge in [0.1, 0.15) is 11.6 Å². The summed E-state index contributed by atoms with van der Waals surface area (Å²) in [6, 6.07) is 8.00. The lowest BCUT2D eigenvalue weighted by Crippen LogP contribution is -2.30.